The largest absolute Gasteiger partial charge is 0.455 e. The van der Waals surface area contributed by atoms with E-state index in [0.717, 1.165) is 45.1 Å². The first-order valence-electron chi connectivity index (χ1n) is 10.2. The zero-order valence-electron chi connectivity index (χ0n) is 17.3. The minimum Gasteiger partial charge on any atom is -0.455 e. The molecule has 2 aromatic heterocycles. The van der Waals surface area contributed by atoms with Crippen molar-refractivity contribution in [1.82, 2.24) is 9.97 Å². The second kappa shape index (κ2) is 6.70. The summed E-state index contributed by atoms with van der Waals surface area (Å²) < 4.78 is 6.34. The fourth-order valence-corrected chi connectivity index (χ4v) is 4.34. The highest BCUT2D eigenvalue weighted by atomic mass is 16.3. The Kier molecular flexibility index (Phi) is 4.13. The summed E-state index contributed by atoms with van der Waals surface area (Å²) in [7, 11) is 0. The molecule has 29 heavy (non-hydrogen) atoms. The number of aromatic nitrogens is 2. The molecule has 0 fully saturated rings. The molecule has 0 aliphatic heterocycles. The van der Waals surface area contributed by atoms with Gasteiger partial charge in [0.25, 0.3) is 0 Å². The van der Waals surface area contributed by atoms with Crippen LogP contribution in [0.4, 0.5) is 0 Å². The number of aryl methyl sites for hydroxylation is 2. The second-order valence-corrected chi connectivity index (χ2v) is 8.41. The van der Waals surface area contributed by atoms with Crippen LogP contribution in [0.3, 0.4) is 0 Å². The van der Waals surface area contributed by atoms with E-state index < -0.39 is 0 Å². The minimum absolute atomic E-state index is 0.615. The third-order valence-electron chi connectivity index (χ3n) is 5.55. The molecule has 0 aliphatic rings. The lowest BCUT2D eigenvalue weighted by molar-refractivity contribution is 0.647. The first-order valence-corrected chi connectivity index (χ1v) is 10.2. The van der Waals surface area contributed by atoms with Crippen molar-refractivity contribution in [2.75, 3.05) is 0 Å². The van der Waals surface area contributed by atoms with Crippen LogP contribution in [0.2, 0.25) is 0 Å². The summed E-state index contributed by atoms with van der Waals surface area (Å²) in [5.41, 5.74) is 8.48. The van der Waals surface area contributed by atoms with Crippen LogP contribution in [0.1, 0.15) is 30.5 Å². The zero-order valence-corrected chi connectivity index (χ0v) is 17.3. The molecule has 3 heteroatoms. The molecule has 0 radical (unpaired) electrons. The van der Waals surface area contributed by atoms with E-state index >= 15 is 0 Å². The van der Waals surface area contributed by atoms with E-state index in [9.17, 15) is 0 Å². The smallest absolute Gasteiger partial charge is 0.144 e. The third kappa shape index (κ3) is 2.98. The van der Waals surface area contributed by atoms with E-state index in [1.165, 1.54) is 22.1 Å². The average molecular weight is 380 g/mol. The van der Waals surface area contributed by atoms with Gasteiger partial charge in [0, 0.05) is 21.7 Å². The van der Waals surface area contributed by atoms with Gasteiger partial charge in [0.2, 0.25) is 0 Å². The van der Waals surface area contributed by atoms with E-state index in [2.05, 4.69) is 74.1 Å². The maximum absolute atomic E-state index is 6.34. The molecule has 0 bridgehead atoms. The van der Waals surface area contributed by atoms with Crippen molar-refractivity contribution in [2.24, 2.45) is 5.92 Å². The van der Waals surface area contributed by atoms with Crippen molar-refractivity contribution in [3.8, 4) is 11.3 Å². The standard InChI is InChI=1S/C26H24N2O/c1-15(2)10-18-8-9-19-22(13-18)27-14-28-25(19)21-12-16(3)11-20-24-17(4)6-5-7-23(24)29-26(20)21/h5-9,11-15H,10H2,1-4H3. The van der Waals surface area contributed by atoms with Crippen LogP contribution in [0.5, 0.6) is 0 Å². The van der Waals surface area contributed by atoms with Crippen molar-refractivity contribution in [2.45, 2.75) is 34.1 Å². The highest BCUT2D eigenvalue weighted by Crippen LogP contribution is 2.39. The predicted molar refractivity (Wildman–Crippen MR) is 120 cm³/mol. The normalized spacial score (nSPS) is 11.9. The van der Waals surface area contributed by atoms with Crippen LogP contribution in [0, 0.1) is 19.8 Å². The number of hydrogen-bond acceptors (Lipinski definition) is 3. The topological polar surface area (TPSA) is 38.9 Å². The summed E-state index contributed by atoms with van der Waals surface area (Å²) in [5, 5.41) is 3.39. The molecule has 3 nitrogen and oxygen atoms in total. The number of nitrogens with zero attached hydrogens (tertiary/aromatic N) is 2. The Morgan fingerprint density at radius 3 is 2.62 bits per heavy atom. The number of benzene rings is 3. The molecule has 0 saturated carbocycles. The van der Waals surface area contributed by atoms with Crippen molar-refractivity contribution in [3.63, 3.8) is 0 Å². The van der Waals surface area contributed by atoms with E-state index in [-0.39, 0.29) is 0 Å². The molecule has 0 aliphatic carbocycles. The molecule has 5 rings (SSSR count). The van der Waals surface area contributed by atoms with Gasteiger partial charge in [-0.15, -0.1) is 0 Å². The van der Waals surface area contributed by atoms with Gasteiger partial charge in [-0.2, -0.15) is 0 Å². The van der Waals surface area contributed by atoms with Crippen LogP contribution in [-0.2, 0) is 6.42 Å². The lowest BCUT2D eigenvalue weighted by atomic mass is 9.97. The summed E-state index contributed by atoms with van der Waals surface area (Å²) in [6.07, 6.45) is 2.71. The van der Waals surface area contributed by atoms with E-state index in [4.69, 9.17) is 4.42 Å². The van der Waals surface area contributed by atoms with E-state index in [1.807, 2.05) is 12.1 Å². The van der Waals surface area contributed by atoms with Gasteiger partial charge in [0.05, 0.1) is 11.2 Å². The first kappa shape index (κ1) is 17.9. The number of fused-ring (bicyclic) bond motifs is 4. The van der Waals surface area contributed by atoms with Crippen molar-refractivity contribution in [1.29, 1.82) is 0 Å². The Balaban J connectivity index is 1.80. The van der Waals surface area contributed by atoms with E-state index in [0.29, 0.717) is 5.92 Å². The molecule has 144 valence electrons. The summed E-state index contributed by atoms with van der Waals surface area (Å²) >= 11 is 0. The Labute approximate surface area is 170 Å². The SMILES string of the molecule is Cc1cc(-c2ncnc3cc(CC(C)C)ccc23)c2oc3cccc(C)c3c2c1. The van der Waals surface area contributed by atoms with Gasteiger partial charge in [-0.1, -0.05) is 38.1 Å². The molecule has 5 aromatic rings. The van der Waals surface area contributed by atoms with Gasteiger partial charge >= 0.3 is 0 Å². The van der Waals surface area contributed by atoms with E-state index in [1.54, 1.807) is 6.33 Å². The van der Waals surface area contributed by atoms with Crippen molar-refractivity contribution in [3.05, 3.63) is 71.5 Å². The summed E-state index contributed by atoms with van der Waals surface area (Å²) in [6.45, 7) is 8.74. The quantitative estimate of drug-likeness (QED) is 0.338. The molecular weight excluding hydrogens is 356 g/mol. The molecule has 2 heterocycles. The van der Waals surface area contributed by atoms with Crippen LogP contribution in [0.25, 0.3) is 44.1 Å². The van der Waals surface area contributed by atoms with Gasteiger partial charge in [-0.3, -0.25) is 0 Å². The number of rotatable bonds is 3. The highest BCUT2D eigenvalue weighted by molar-refractivity contribution is 6.12. The Hall–Kier alpha value is -3.20. The maximum atomic E-state index is 6.34. The van der Waals surface area contributed by atoms with Gasteiger partial charge in [-0.05, 0) is 67.1 Å². The summed E-state index contributed by atoms with van der Waals surface area (Å²) in [6, 6.07) is 17.1. The average Bonchev–Trinajstić information content (AvgIpc) is 3.06. The molecule has 0 atom stereocenters. The zero-order chi connectivity index (χ0) is 20.1. The third-order valence-corrected chi connectivity index (χ3v) is 5.55. The summed E-state index contributed by atoms with van der Waals surface area (Å²) in [4.78, 5) is 9.23. The van der Waals surface area contributed by atoms with Crippen LogP contribution >= 0.6 is 0 Å². The van der Waals surface area contributed by atoms with Crippen LogP contribution < -0.4 is 0 Å². The fraction of sp³-hybridized carbons (Fsp3) is 0.231. The predicted octanol–water partition coefficient (Wildman–Crippen LogP) is 7.01. The van der Waals surface area contributed by atoms with Crippen molar-refractivity contribution < 1.29 is 4.42 Å². The Morgan fingerprint density at radius 2 is 1.79 bits per heavy atom. The molecule has 0 saturated heterocycles. The molecule has 0 spiro atoms. The van der Waals surface area contributed by atoms with Gasteiger partial charge in [0.15, 0.2) is 0 Å². The number of hydrogen-bond donors (Lipinski definition) is 0. The van der Waals surface area contributed by atoms with Gasteiger partial charge in [0.1, 0.15) is 17.5 Å². The second-order valence-electron chi connectivity index (χ2n) is 8.41. The fourth-order valence-electron chi connectivity index (χ4n) is 4.34. The molecule has 0 N–H and O–H groups in total. The minimum atomic E-state index is 0.615. The lowest BCUT2D eigenvalue weighted by Crippen LogP contribution is -1.96. The first-order chi connectivity index (χ1) is 14.0. The van der Waals surface area contributed by atoms with Crippen molar-refractivity contribution >= 4 is 32.8 Å². The van der Waals surface area contributed by atoms with Gasteiger partial charge < -0.3 is 4.42 Å². The lowest BCUT2D eigenvalue weighted by Gasteiger charge is -2.10. The maximum Gasteiger partial charge on any atom is 0.144 e. The molecule has 3 aromatic carbocycles. The highest BCUT2D eigenvalue weighted by Gasteiger charge is 2.17. The molecule has 0 unspecified atom stereocenters. The molecule has 0 amide bonds. The van der Waals surface area contributed by atoms with Crippen LogP contribution in [-0.4, -0.2) is 9.97 Å². The van der Waals surface area contributed by atoms with Crippen LogP contribution in [0.15, 0.2) is 59.3 Å². The monoisotopic (exact) mass is 380 g/mol. The Morgan fingerprint density at radius 1 is 0.931 bits per heavy atom. The number of furan rings is 1. The summed E-state index contributed by atoms with van der Waals surface area (Å²) in [5.74, 6) is 0.615. The molecular formula is C26H24N2O. The Bertz CT molecular complexity index is 1380. The van der Waals surface area contributed by atoms with Gasteiger partial charge in [-0.25, -0.2) is 9.97 Å².